The van der Waals surface area contributed by atoms with Crippen LogP contribution < -0.4 is 5.10 Å². The Morgan fingerprint density at radius 2 is 0.815 bits per heavy atom. The quantitative estimate of drug-likeness (QED) is 0.0619. The molecular weight excluding hydrogens is 2530 g/mol. The molecule has 24 heteroatoms. The molecule has 0 saturated carbocycles. The van der Waals surface area contributed by atoms with Gasteiger partial charge in [0.1, 0.15) is 12.0 Å². The third kappa shape index (κ3) is 34.9. The summed E-state index contributed by atoms with van der Waals surface area (Å²) < 4.78 is 36.6. The molecule has 3 N–H and O–H groups in total. The van der Waals surface area contributed by atoms with Crippen molar-refractivity contribution in [3.05, 3.63) is 435 Å². The Balaban J connectivity index is 0.000000263. The van der Waals surface area contributed by atoms with Crippen molar-refractivity contribution >= 4 is 77.7 Å². The SMILES string of the molecule is CC(=O)C=C(C)O.CC(=O)C=C(C)O.CC(=O)C=C(C)O.Cc1cc(-c2[c-]ccc3ccccc23)ncn1.FC(F)(F)c1cc(-c2ccccn2)[n-]n1.[C-](=Cc1ccc2ccccc2n1)c1ccccc1.[Ir].[Ir].[Ir].[Ir].[Ir].[c-]1ccccc1-c1nc2ccccc2nc1-c1ccccc1.[c-]1ccccc1-c1nccc2ccccc12.[c-]1ccccc1-c1nccc2ccccc12. The van der Waals surface area contributed by atoms with Crippen molar-refractivity contribution < 1.29 is 143 Å². The number of nitrogens with zero attached hydrogens (tertiary/aromatic N) is 10. The number of hydrogen-bond acceptors (Lipinski definition) is 15. The minimum absolute atomic E-state index is 0. The van der Waals surface area contributed by atoms with Gasteiger partial charge in [0.15, 0.2) is 17.3 Å². The average molecular weight is 2610 g/mol. The van der Waals surface area contributed by atoms with Crippen LogP contribution in [-0.4, -0.2) is 77.6 Å². The minimum atomic E-state index is -4.46. The number of alkyl halides is 3. The van der Waals surface area contributed by atoms with Gasteiger partial charge in [-0.3, -0.25) is 39.3 Å². The first-order chi connectivity index (χ1) is 60.5. The van der Waals surface area contributed by atoms with E-state index in [9.17, 15) is 27.6 Å². The Labute approximate surface area is 821 Å². The van der Waals surface area contributed by atoms with E-state index in [2.05, 4.69) is 137 Å². The van der Waals surface area contributed by atoms with E-state index >= 15 is 0 Å². The molecule has 11 aromatic carbocycles. The van der Waals surface area contributed by atoms with Gasteiger partial charge in [0.05, 0.1) is 39.5 Å². The van der Waals surface area contributed by atoms with Crippen molar-refractivity contribution in [2.75, 3.05) is 0 Å². The zero-order valence-electron chi connectivity index (χ0n) is 71.1. The van der Waals surface area contributed by atoms with Gasteiger partial charge in [-0.05, 0) is 152 Å². The van der Waals surface area contributed by atoms with E-state index in [1.165, 1.54) is 98.3 Å². The summed E-state index contributed by atoms with van der Waals surface area (Å²) in [5.41, 5.74) is 15.1. The van der Waals surface area contributed by atoms with Crippen molar-refractivity contribution in [2.45, 2.75) is 54.6 Å². The maximum Gasteiger partial charge on any atom is 0.431 e. The van der Waals surface area contributed by atoms with Gasteiger partial charge in [-0.1, -0.05) is 175 Å². The van der Waals surface area contributed by atoms with Crippen molar-refractivity contribution in [2.24, 2.45) is 0 Å². The Morgan fingerprint density at radius 1 is 0.377 bits per heavy atom. The number of allylic oxidation sites excluding steroid dienone is 6. The first-order valence-corrected chi connectivity index (χ1v) is 39.3. The molecule has 0 amide bonds. The summed E-state index contributed by atoms with van der Waals surface area (Å²) in [6.45, 7) is 10.5. The molecule has 0 atom stereocenters. The van der Waals surface area contributed by atoms with Crippen molar-refractivity contribution in [1.29, 1.82) is 0 Å². The van der Waals surface area contributed by atoms with Crippen LogP contribution in [0.15, 0.2) is 382 Å². The molecule has 16 nitrogen and oxygen atoms in total. The third-order valence-corrected chi connectivity index (χ3v) is 17.4. The van der Waals surface area contributed by atoms with Crippen LogP contribution in [-0.2, 0) is 121 Å². The fourth-order valence-electron chi connectivity index (χ4n) is 12.1. The number of carbonyl (C=O) groups is 3. The standard InChI is InChI=1S/C20H13N2.C17H12N.C15H11N2.2C15H10N.C9H5F3N3.3C5H8O2.5Ir/c1-3-9-15(10-4-1)19-20(16-11-5-2-6-12-16)22-18-14-8-7-13-17(18)21-19;1-2-6-14(7-3-1)10-12-16-13-11-15-8-4-5-9-17(15)18-16;1-11-9-15(17-10-16-11)14-8-4-6-12-5-2-3-7-13(12)14;2*1-2-7-13(8-3-1)15-14-9-5-4-6-12(14)10-11-16-15;10-9(11,12)8-5-7(14-15-8)6-3-1-2-4-13-6;3*1-4(6)3-5(2)7;;;;;/h1-11,13-14H;1-9,11-13H;2-7,9-10H,1H3;2*1-7,9-11H;1-5H;3*3,6H,1-2H3;;;;;/q6*-1;;;;;;;;. The van der Waals surface area contributed by atoms with Crippen molar-refractivity contribution in [3.63, 3.8) is 0 Å². The van der Waals surface area contributed by atoms with E-state index in [0.29, 0.717) is 5.69 Å². The summed E-state index contributed by atoms with van der Waals surface area (Å²) in [5.74, 6) is -0.187. The minimum Gasteiger partial charge on any atom is -0.573 e. The molecule has 0 aliphatic rings. The van der Waals surface area contributed by atoms with E-state index in [0.717, 1.165) is 101 Å². The molecule has 0 unspecified atom stereocenters. The third-order valence-electron chi connectivity index (χ3n) is 17.4. The fraction of sp³-hybridized carbons (Fsp3) is 0.0755. The topological polar surface area (TPSA) is 242 Å². The van der Waals surface area contributed by atoms with Gasteiger partial charge in [0.25, 0.3) is 0 Å². The molecule has 0 bridgehead atoms. The second-order valence-electron chi connectivity index (χ2n) is 27.5. The molecule has 7 aromatic heterocycles. The molecule has 0 fully saturated rings. The van der Waals surface area contributed by atoms with Gasteiger partial charge in [-0.15, -0.1) is 179 Å². The Kier molecular flexibility index (Phi) is 46.7. The molecule has 0 aliphatic heterocycles. The van der Waals surface area contributed by atoms with Crippen LogP contribution in [0.2, 0.25) is 0 Å². The number of hydrogen-bond donors (Lipinski definition) is 3. The number of aliphatic hydroxyl groups is 3. The largest absolute Gasteiger partial charge is 0.573 e. The first-order valence-electron chi connectivity index (χ1n) is 39.3. The zero-order valence-corrected chi connectivity index (χ0v) is 83.0. The zero-order chi connectivity index (χ0) is 88.7. The van der Waals surface area contributed by atoms with E-state index in [1.807, 2.05) is 256 Å². The van der Waals surface area contributed by atoms with Crippen LogP contribution in [0, 0.1) is 37.3 Å². The van der Waals surface area contributed by atoms with Gasteiger partial charge in [-0.2, -0.15) is 13.2 Å². The molecule has 5 radical (unpaired) electrons. The van der Waals surface area contributed by atoms with Crippen molar-refractivity contribution in [3.8, 4) is 67.7 Å². The number of ketones is 3. The molecule has 18 aromatic rings. The molecule has 0 saturated heterocycles. The summed E-state index contributed by atoms with van der Waals surface area (Å²) in [6.07, 6.45) is 11.0. The normalized spacial score (nSPS) is 10.5. The summed E-state index contributed by atoms with van der Waals surface area (Å²) >= 11 is 0. The maximum atomic E-state index is 12.2. The van der Waals surface area contributed by atoms with Crippen LogP contribution in [0.1, 0.15) is 64.2 Å². The monoisotopic (exact) mass is 2620 g/mol. The molecule has 0 spiro atoms. The molecule has 130 heavy (non-hydrogen) atoms. The number of fused-ring (bicyclic) bond motifs is 5. The summed E-state index contributed by atoms with van der Waals surface area (Å²) in [7, 11) is 0. The summed E-state index contributed by atoms with van der Waals surface area (Å²) in [4.78, 5) is 65.5. The number of carbonyl (C=O) groups excluding carboxylic acids is 3. The number of rotatable bonds is 11. The number of aliphatic hydroxyl groups excluding tert-OH is 3. The Morgan fingerprint density at radius 3 is 1.27 bits per heavy atom. The van der Waals surface area contributed by atoms with Crippen LogP contribution in [0.3, 0.4) is 0 Å². The van der Waals surface area contributed by atoms with Crippen LogP contribution in [0.4, 0.5) is 13.2 Å². The number of pyridine rings is 4. The van der Waals surface area contributed by atoms with Crippen molar-refractivity contribution in [1.82, 2.24) is 50.1 Å². The van der Waals surface area contributed by atoms with E-state index in [4.69, 9.17) is 25.3 Å². The van der Waals surface area contributed by atoms with Gasteiger partial charge in [-0.25, -0.2) is 4.98 Å². The number of halogens is 3. The number of aromatic nitrogens is 10. The Bertz CT molecular complexity index is 6400. The summed E-state index contributed by atoms with van der Waals surface area (Å²) in [5, 5.41) is 39.9. The number of benzene rings is 11. The van der Waals surface area contributed by atoms with Gasteiger partial charge < -0.3 is 35.5 Å². The molecule has 0 aliphatic carbocycles. The predicted octanol–water partition coefficient (Wildman–Crippen LogP) is 24.9. The van der Waals surface area contributed by atoms with E-state index in [1.54, 1.807) is 24.5 Å². The first kappa shape index (κ1) is 108. The van der Waals surface area contributed by atoms with Gasteiger partial charge in [0, 0.05) is 154 Å². The van der Waals surface area contributed by atoms with Gasteiger partial charge in [0.2, 0.25) is 0 Å². The van der Waals surface area contributed by atoms with Crippen LogP contribution in [0.5, 0.6) is 0 Å². The molecular formula is C106H85F3Ir5N10O6-6. The second kappa shape index (κ2) is 56.4. The summed E-state index contributed by atoms with van der Waals surface area (Å²) in [6, 6.07) is 118. The van der Waals surface area contributed by atoms with Crippen LogP contribution >= 0.6 is 0 Å². The molecule has 7 heterocycles. The van der Waals surface area contributed by atoms with Crippen LogP contribution in [0.25, 0.3) is 128 Å². The smallest absolute Gasteiger partial charge is 0.431 e. The fourth-order valence-corrected chi connectivity index (χ4v) is 12.1. The van der Waals surface area contributed by atoms with E-state index < -0.39 is 11.9 Å². The maximum absolute atomic E-state index is 12.2. The average Bonchev–Trinajstić information content (AvgIpc) is 0.981. The second-order valence-corrected chi connectivity index (χ2v) is 27.5. The molecule has 667 valence electrons. The van der Waals surface area contributed by atoms with E-state index in [-0.39, 0.29) is 141 Å². The number of aryl methyl sites for hydroxylation is 1. The predicted molar refractivity (Wildman–Crippen MR) is 492 cm³/mol. The molecule has 18 rings (SSSR count). The Hall–Kier alpha value is -12.9. The number of para-hydroxylation sites is 3. The van der Waals surface area contributed by atoms with Gasteiger partial charge >= 0.3 is 6.18 Å².